The lowest BCUT2D eigenvalue weighted by atomic mass is 10.1. The molecule has 1 aromatic heterocycles. The van der Waals surface area contributed by atoms with E-state index in [4.69, 9.17) is 0 Å². The Balaban J connectivity index is 1.48. The molecular formula is C20H21N3O3S. The summed E-state index contributed by atoms with van der Waals surface area (Å²) in [6.07, 6.45) is 3.42. The second kappa shape index (κ2) is 7.52. The van der Waals surface area contributed by atoms with Gasteiger partial charge in [0.1, 0.15) is 6.04 Å². The van der Waals surface area contributed by atoms with Crippen molar-refractivity contribution in [2.24, 2.45) is 0 Å². The number of nitrogens with one attached hydrogen (secondary N) is 2. The van der Waals surface area contributed by atoms with E-state index in [0.717, 1.165) is 19.3 Å². The van der Waals surface area contributed by atoms with Crippen molar-refractivity contribution >= 4 is 34.7 Å². The minimum absolute atomic E-state index is 0.109. The molecule has 1 aliphatic carbocycles. The standard InChI is InChI=1S/C20H21N3O3S/c24-18(21-13-9-10-13)14-5-1-2-6-15(14)22-19(25)16-7-3-11-23(16)20(26)17-8-4-12-27-17/h1-2,4-6,8,12-13,16H,3,7,9-11H2,(H,21,24)(H,22,25)/t16-/m0/s1. The maximum atomic E-state index is 12.9. The number of hydrogen-bond acceptors (Lipinski definition) is 4. The number of carbonyl (C=O) groups is 3. The van der Waals surface area contributed by atoms with E-state index in [1.54, 1.807) is 35.2 Å². The second-order valence-corrected chi connectivity index (χ2v) is 7.86. The summed E-state index contributed by atoms with van der Waals surface area (Å²) < 4.78 is 0. The molecule has 1 aliphatic heterocycles. The summed E-state index contributed by atoms with van der Waals surface area (Å²) in [5.41, 5.74) is 0.933. The third-order valence-corrected chi connectivity index (χ3v) is 5.75. The molecule has 1 saturated heterocycles. The predicted molar refractivity (Wildman–Crippen MR) is 104 cm³/mol. The van der Waals surface area contributed by atoms with Gasteiger partial charge in [0.05, 0.1) is 16.1 Å². The molecule has 140 valence electrons. The van der Waals surface area contributed by atoms with Crippen LogP contribution in [-0.4, -0.2) is 41.2 Å². The Labute approximate surface area is 161 Å². The van der Waals surface area contributed by atoms with Crippen LogP contribution in [0.5, 0.6) is 0 Å². The minimum Gasteiger partial charge on any atom is -0.349 e. The van der Waals surface area contributed by atoms with Gasteiger partial charge in [0.15, 0.2) is 0 Å². The molecule has 0 radical (unpaired) electrons. The lowest BCUT2D eigenvalue weighted by Gasteiger charge is -2.24. The number of hydrogen-bond donors (Lipinski definition) is 2. The highest BCUT2D eigenvalue weighted by molar-refractivity contribution is 7.12. The fourth-order valence-corrected chi connectivity index (χ4v) is 4.00. The number of anilines is 1. The average Bonchev–Trinajstić information content (AvgIpc) is 3.16. The van der Waals surface area contributed by atoms with Crippen molar-refractivity contribution in [3.8, 4) is 0 Å². The molecule has 6 nitrogen and oxygen atoms in total. The monoisotopic (exact) mass is 383 g/mol. The van der Waals surface area contributed by atoms with Crippen LogP contribution in [0, 0.1) is 0 Å². The van der Waals surface area contributed by atoms with Crippen molar-refractivity contribution in [3.05, 3.63) is 52.2 Å². The number of para-hydroxylation sites is 1. The molecule has 2 fully saturated rings. The zero-order valence-electron chi connectivity index (χ0n) is 14.8. The Kier molecular flexibility index (Phi) is 4.94. The number of amides is 3. The van der Waals surface area contributed by atoms with Crippen molar-refractivity contribution in [1.29, 1.82) is 0 Å². The van der Waals surface area contributed by atoms with Gasteiger partial charge in [-0.25, -0.2) is 0 Å². The third-order valence-electron chi connectivity index (χ3n) is 4.89. The van der Waals surface area contributed by atoms with Gasteiger partial charge < -0.3 is 15.5 Å². The van der Waals surface area contributed by atoms with E-state index in [-0.39, 0.29) is 23.8 Å². The number of nitrogens with zero attached hydrogens (tertiary/aromatic N) is 1. The molecule has 4 rings (SSSR count). The van der Waals surface area contributed by atoms with E-state index >= 15 is 0 Å². The van der Waals surface area contributed by atoms with Crippen LogP contribution in [0.3, 0.4) is 0 Å². The van der Waals surface area contributed by atoms with E-state index in [1.807, 2.05) is 11.4 Å². The summed E-state index contributed by atoms with van der Waals surface area (Å²) in [6, 6.07) is 10.3. The number of benzene rings is 1. The molecule has 2 aliphatic rings. The Morgan fingerprint density at radius 1 is 1.04 bits per heavy atom. The number of rotatable bonds is 5. The number of thiophene rings is 1. The van der Waals surface area contributed by atoms with Gasteiger partial charge in [0.25, 0.3) is 11.8 Å². The Morgan fingerprint density at radius 3 is 2.59 bits per heavy atom. The summed E-state index contributed by atoms with van der Waals surface area (Å²) in [4.78, 5) is 40.2. The van der Waals surface area contributed by atoms with Crippen molar-refractivity contribution in [1.82, 2.24) is 10.2 Å². The molecule has 27 heavy (non-hydrogen) atoms. The van der Waals surface area contributed by atoms with Gasteiger partial charge in [-0.3, -0.25) is 14.4 Å². The molecule has 0 spiro atoms. The first kappa shape index (κ1) is 17.7. The Bertz CT molecular complexity index is 861. The quantitative estimate of drug-likeness (QED) is 0.833. The SMILES string of the molecule is O=C(NC1CC1)c1ccccc1NC(=O)[C@@H]1CCCN1C(=O)c1cccs1. The molecule has 1 atom stereocenters. The van der Waals surface area contributed by atoms with Gasteiger partial charge in [-0.1, -0.05) is 18.2 Å². The predicted octanol–water partition coefficient (Wildman–Crippen LogP) is 2.88. The molecular weight excluding hydrogens is 362 g/mol. The van der Waals surface area contributed by atoms with Crippen molar-refractivity contribution in [2.75, 3.05) is 11.9 Å². The first-order chi connectivity index (χ1) is 13.1. The largest absolute Gasteiger partial charge is 0.349 e. The summed E-state index contributed by atoms with van der Waals surface area (Å²) in [5, 5.41) is 7.67. The van der Waals surface area contributed by atoms with Crippen LogP contribution in [0.4, 0.5) is 5.69 Å². The maximum absolute atomic E-state index is 12.9. The minimum atomic E-state index is -0.515. The average molecular weight is 383 g/mol. The van der Waals surface area contributed by atoms with Crippen LogP contribution in [0.15, 0.2) is 41.8 Å². The number of carbonyl (C=O) groups excluding carboxylic acids is 3. The normalized spacial score (nSPS) is 19.0. The van der Waals surface area contributed by atoms with Gasteiger partial charge in [0.2, 0.25) is 5.91 Å². The number of likely N-dealkylation sites (tertiary alicyclic amines) is 1. The fourth-order valence-electron chi connectivity index (χ4n) is 3.32. The van der Waals surface area contributed by atoms with Crippen LogP contribution in [0.2, 0.25) is 0 Å². The van der Waals surface area contributed by atoms with E-state index in [2.05, 4.69) is 10.6 Å². The van der Waals surface area contributed by atoms with Gasteiger partial charge in [-0.15, -0.1) is 11.3 Å². The summed E-state index contributed by atoms with van der Waals surface area (Å²) in [5.74, 6) is -0.530. The molecule has 1 aromatic carbocycles. The molecule has 1 saturated carbocycles. The van der Waals surface area contributed by atoms with Crippen molar-refractivity contribution < 1.29 is 14.4 Å². The molecule has 2 N–H and O–H groups in total. The molecule has 0 bridgehead atoms. The van der Waals surface area contributed by atoms with Crippen LogP contribution >= 0.6 is 11.3 Å². The van der Waals surface area contributed by atoms with Gasteiger partial charge in [0, 0.05) is 12.6 Å². The third kappa shape index (κ3) is 3.88. The smallest absolute Gasteiger partial charge is 0.264 e. The van der Waals surface area contributed by atoms with Crippen LogP contribution in [-0.2, 0) is 4.79 Å². The van der Waals surface area contributed by atoms with E-state index in [9.17, 15) is 14.4 Å². The lowest BCUT2D eigenvalue weighted by Crippen LogP contribution is -2.43. The summed E-state index contributed by atoms with van der Waals surface area (Å²) >= 11 is 1.38. The Morgan fingerprint density at radius 2 is 1.85 bits per heavy atom. The lowest BCUT2D eigenvalue weighted by molar-refractivity contribution is -0.119. The first-order valence-corrected chi connectivity index (χ1v) is 10.1. The summed E-state index contributed by atoms with van der Waals surface area (Å²) in [6.45, 7) is 0.568. The van der Waals surface area contributed by atoms with Crippen LogP contribution in [0.25, 0.3) is 0 Å². The second-order valence-electron chi connectivity index (χ2n) is 6.92. The molecule has 7 heteroatoms. The molecule has 2 aromatic rings. The molecule has 3 amide bonds. The fraction of sp³-hybridized carbons (Fsp3) is 0.350. The topological polar surface area (TPSA) is 78.5 Å². The van der Waals surface area contributed by atoms with Gasteiger partial charge in [-0.05, 0) is 49.3 Å². The van der Waals surface area contributed by atoms with Crippen molar-refractivity contribution in [2.45, 2.75) is 37.8 Å². The van der Waals surface area contributed by atoms with E-state index < -0.39 is 6.04 Å². The van der Waals surface area contributed by atoms with Gasteiger partial charge in [-0.2, -0.15) is 0 Å². The van der Waals surface area contributed by atoms with Crippen LogP contribution in [0.1, 0.15) is 45.7 Å². The zero-order chi connectivity index (χ0) is 18.8. The highest BCUT2D eigenvalue weighted by Gasteiger charge is 2.35. The van der Waals surface area contributed by atoms with E-state index in [0.29, 0.717) is 29.1 Å². The van der Waals surface area contributed by atoms with E-state index in [1.165, 1.54) is 11.3 Å². The highest BCUT2D eigenvalue weighted by Crippen LogP contribution is 2.25. The van der Waals surface area contributed by atoms with Crippen LogP contribution < -0.4 is 10.6 Å². The summed E-state index contributed by atoms with van der Waals surface area (Å²) in [7, 11) is 0. The van der Waals surface area contributed by atoms with Gasteiger partial charge >= 0.3 is 0 Å². The van der Waals surface area contributed by atoms with Crippen molar-refractivity contribution in [3.63, 3.8) is 0 Å². The highest BCUT2D eigenvalue weighted by atomic mass is 32.1. The maximum Gasteiger partial charge on any atom is 0.264 e. The zero-order valence-corrected chi connectivity index (χ0v) is 15.6. The molecule has 2 heterocycles. The Hall–Kier alpha value is -2.67. The molecule has 0 unspecified atom stereocenters. The first-order valence-electron chi connectivity index (χ1n) is 9.19.